The summed E-state index contributed by atoms with van der Waals surface area (Å²) in [5, 5.41) is 7.56. The summed E-state index contributed by atoms with van der Waals surface area (Å²) in [5.74, 6) is -2.11. The molecule has 1 rings (SSSR count). The molecule has 0 aliphatic rings. The lowest BCUT2D eigenvalue weighted by Crippen LogP contribution is -2.61. The smallest absolute Gasteiger partial charge is 0.407 e. The standard InChI is InChI=1S/C27H44N8O7/c1-26(2,3)42-21(38)10-11-27(35-25(40)41-4,14-17-7-5-8-18(13-17)22(28)29)23(39)33-15-20(37)34-19(16-36)9-6-12-32-24(30)31/h5,7-8,13,16,19,22H,6,9-12,14-15,28-29H2,1-4H3,(H,33,39)(H,34,37)(H,35,40)(H4,30,31,32)/t19-,27+/m0/s1. The van der Waals surface area contributed by atoms with E-state index in [2.05, 4.69) is 20.9 Å². The SMILES string of the molecule is COC(=O)N[C@](CCC(=O)OC(C)(C)C)(Cc1cccc(C(N)N)c1)C(=O)NCC(=O)N[C@H](C=O)CCCN=C(N)N. The number of methoxy groups -OCH3 is 1. The topological polar surface area (TPSA) is 256 Å². The molecule has 3 amide bonds. The summed E-state index contributed by atoms with van der Waals surface area (Å²) < 4.78 is 10.2. The number of aliphatic imine (C=N–C) groups is 1. The summed E-state index contributed by atoms with van der Waals surface area (Å²) in [6.45, 7) is 4.85. The van der Waals surface area contributed by atoms with Crippen molar-refractivity contribution in [2.45, 2.75) is 76.2 Å². The summed E-state index contributed by atoms with van der Waals surface area (Å²) in [6.07, 6.45) is -1.04. The Bertz CT molecular complexity index is 1120. The highest BCUT2D eigenvalue weighted by molar-refractivity contribution is 5.93. The first-order valence-electron chi connectivity index (χ1n) is 13.4. The van der Waals surface area contributed by atoms with Gasteiger partial charge in [0.25, 0.3) is 0 Å². The van der Waals surface area contributed by atoms with Gasteiger partial charge in [-0.2, -0.15) is 0 Å². The van der Waals surface area contributed by atoms with Gasteiger partial charge in [0.15, 0.2) is 5.96 Å². The van der Waals surface area contributed by atoms with Crippen molar-refractivity contribution in [1.29, 1.82) is 0 Å². The molecule has 234 valence electrons. The lowest BCUT2D eigenvalue weighted by atomic mass is 9.84. The molecular weight excluding hydrogens is 548 g/mol. The second kappa shape index (κ2) is 16.9. The van der Waals surface area contributed by atoms with E-state index in [4.69, 9.17) is 32.4 Å². The molecule has 0 saturated carbocycles. The number of aldehydes is 1. The molecule has 42 heavy (non-hydrogen) atoms. The molecule has 1 aromatic carbocycles. The maximum Gasteiger partial charge on any atom is 0.407 e. The molecule has 2 atom stereocenters. The van der Waals surface area contributed by atoms with Crippen LogP contribution in [-0.2, 0) is 35.1 Å². The van der Waals surface area contributed by atoms with E-state index < -0.39 is 53.8 Å². The summed E-state index contributed by atoms with van der Waals surface area (Å²) in [7, 11) is 1.13. The van der Waals surface area contributed by atoms with Gasteiger partial charge in [0, 0.05) is 19.4 Å². The fourth-order valence-corrected chi connectivity index (χ4v) is 3.94. The lowest BCUT2D eigenvalue weighted by molar-refractivity contribution is -0.155. The summed E-state index contributed by atoms with van der Waals surface area (Å²) in [5.41, 5.74) is 20.8. The first-order chi connectivity index (χ1) is 19.6. The Balaban J connectivity index is 3.20. The molecular formula is C27H44N8O7. The van der Waals surface area contributed by atoms with Crippen LogP contribution >= 0.6 is 0 Å². The lowest BCUT2D eigenvalue weighted by Gasteiger charge is -2.33. The first-order valence-corrected chi connectivity index (χ1v) is 13.4. The zero-order valence-electron chi connectivity index (χ0n) is 24.6. The van der Waals surface area contributed by atoms with Gasteiger partial charge in [-0.3, -0.25) is 19.4 Å². The zero-order chi connectivity index (χ0) is 31.9. The number of nitrogens with zero attached hydrogens (tertiary/aromatic N) is 1. The number of carbonyl (C=O) groups is 5. The molecule has 0 saturated heterocycles. The number of ether oxygens (including phenoxy) is 2. The Hall–Kier alpha value is -4.24. The van der Waals surface area contributed by atoms with Crippen LogP contribution in [0, 0.1) is 0 Å². The van der Waals surface area contributed by atoms with Crippen LogP contribution in [0.5, 0.6) is 0 Å². The van der Waals surface area contributed by atoms with Crippen molar-refractivity contribution in [3.05, 3.63) is 35.4 Å². The van der Waals surface area contributed by atoms with Crippen molar-refractivity contribution in [2.75, 3.05) is 20.2 Å². The number of esters is 1. The maximum atomic E-state index is 13.7. The molecule has 15 nitrogen and oxygen atoms in total. The number of hydrogen-bond donors (Lipinski definition) is 7. The van der Waals surface area contributed by atoms with E-state index in [1.54, 1.807) is 45.0 Å². The van der Waals surface area contributed by atoms with E-state index in [-0.39, 0.29) is 38.2 Å². The minimum absolute atomic E-state index is 0.0854. The molecule has 0 fully saturated rings. The molecule has 1 aromatic rings. The van der Waals surface area contributed by atoms with E-state index >= 15 is 0 Å². The van der Waals surface area contributed by atoms with Crippen LogP contribution in [0.15, 0.2) is 29.3 Å². The van der Waals surface area contributed by atoms with Gasteiger partial charge in [0.1, 0.15) is 17.4 Å². The van der Waals surface area contributed by atoms with Crippen molar-refractivity contribution in [2.24, 2.45) is 27.9 Å². The predicted molar refractivity (Wildman–Crippen MR) is 156 cm³/mol. The first kappa shape index (κ1) is 35.8. The van der Waals surface area contributed by atoms with Gasteiger partial charge < -0.3 is 53.2 Å². The average Bonchev–Trinajstić information content (AvgIpc) is 2.90. The van der Waals surface area contributed by atoms with Crippen LogP contribution in [0.1, 0.15) is 63.7 Å². The molecule has 0 heterocycles. The largest absolute Gasteiger partial charge is 0.460 e. The quantitative estimate of drug-likeness (QED) is 0.0313. The minimum Gasteiger partial charge on any atom is -0.460 e. The maximum absolute atomic E-state index is 13.7. The monoisotopic (exact) mass is 592 g/mol. The highest BCUT2D eigenvalue weighted by Crippen LogP contribution is 2.23. The minimum atomic E-state index is -1.76. The molecule has 0 spiro atoms. The summed E-state index contributed by atoms with van der Waals surface area (Å²) in [4.78, 5) is 66.6. The van der Waals surface area contributed by atoms with Crippen LogP contribution in [0.25, 0.3) is 0 Å². The summed E-state index contributed by atoms with van der Waals surface area (Å²) in [6, 6.07) is 5.92. The molecule has 0 aromatic heterocycles. The third kappa shape index (κ3) is 13.4. The molecule has 0 aliphatic carbocycles. The van der Waals surface area contributed by atoms with Crippen molar-refractivity contribution in [1.82, 2.24) is 16.0 Å². The van der Waals surface area contributed by atoms with E-state index in [0.717, 1.165) is 7.11 Å². The second-order valence-electron chi connectivity index (χ2n) is 10.7. The number of nitrogens with two attached hydrogens (primary N) is 4. The average molecular weight is 593 g/mol. The van der Waals surface area contributed by atoms with E-state index in [1.165, 1.54) is 0 Å². The van der Waals surface area contributed by atoms with Gasteiger partial charge in [-0.25, -0.2) is 4.79 Å². The number of amides is 3. The number of alkyl carbamates (subject to hydrolysis) is 1. The Labute approximate surface area is 245 Å². The Morgan fingerprint density at radius 2 is 1.81 bits per heavy atom. The van der Waals surface area contributed by atoms with Crippen LogP contribution in [0.4, 0.5) is 4.79 Å². The molecule has 11 N–H and O–H groups in total. The van der Waals surface area contributed by atoms with Crippen LogP contribution in [-0.4, -0.2) is 73.5 Å². The number of rotatable bonds is 16. The number of benzene rings is 1. The van der Waals surface area contributed by atoms with Gasteiger partial charge in [-0.1, -0.05) is 24.3 Å². The highest BCUT2D eigenvalue weighted by Gasteiger charge is 2.41. The Morgan fingerprint density at radius 1 is 1.12 bits per heavy atom. The fourth-order valence-electron chi connectivity index (χ4n) is 3.94. The Morgan fingerprint density at radius 3 is 2.38 bits per heavy atom. The highest BCUT2D eigenvalue weighted by atomic mass is 16.6. The molecule has 15 heteroatoms. The van der Waals surface area contributed by atoms with Gasteiger partial charge in [-0.05, 0) is 51.2 Å². The van der Waals surface area contributed by atoms with Crippen LogP contribution in [0.2, 0.25) is 0 Å². The molecule has 0 radical (unpaired) electrons. The van der Waals surface area contributed by atoms with Crippen molar-refractivity contribution >= 4 is 36.1 Å². The van der Waals surface area contributed by atoms with Gasteiger partial charge in [-0.15, -0.1) is 0 Å². The van der Waals surface area contributed by atoms with E-state index in [0.29, 0.717) is 23.8 Å². The number of carbonyl (C=O) groups excluding carboxylic acids is 5. The number of nitrogens with one attached hydrogen (secondary N) is 3. The zero-order valence-corrected chi connectivity index (χ0v) is 24.6. The van der Waals surface area contributed by atoms with Crippen LogP contribution < -0.4 is 38.9 Å². The van der Waals surface area contributed by atoms with Crippen molar-refractivity contribution in [3.8, 4) is 0 Å². The fraction of sp³-hybridized carbons (Fsp3) is 0.556. The van der Waals surface area contributed by atoms with Crippen molar-refractivity contribution in [3.63, 3.8) is 0 Å². The number of guanidine groups is 1. The van der Waals surface area contributed by atoms with Crippen molar-refractivity contribution < 1.29 is 33.4 Å². The summed E-state index contributed by atoms with van der Waals surface area (Å²) >= 11 is 0. The van der Waals surface area contributed by atoms with Gasteiger partial charge in [0.05, 0.1) is 25.9 Å². The molecule has 0 aliphatic heterocycles. The second-order valence-corrected chi connectivity index (χ2v) is 10.7. The molecule has 0 bridgehead atoms. The predicted octanol–water partition coefficient (Wildman–Crippen LogP) is -0.785. The Kier molecular flexibility index (Phi) is 14.4. The van der Waals surface area contributed by atoms with Crippen LogP contribution in [0.3, 0.4) is 0 Å². The van der Waals surface area contributed by atoms with Gasteiger partial charge >= 0.3 is 12.1 Å². The normalized spacial score (nSPS) is 13.2. The van der Waals surface area contributed by atoms with E-state index in [1.807, 2.05) is 0 Å². The van der Waals surface area contributed by atoms with Gasteiger partial charge in [0.2, 0.25) is 11.8 Å². The van der Waals surface area contributed by atoms with E-state index in [9.17, 15) is 24.0 Å². The third-order valence-corrected chi connectivity index (χ3v) is 5.87. The third-order valence-electron chi connectivity index (χ3n) is 5.87. The number of hydrogen-bond acceptors (Lipinski definition) is 10. The molecule has 0 unspecified atom stereocenters.